The molecule has 0 aromatic heterocycles. The zero-order chi connectivity index (χ0) is 14.7. The molecule has 0 aliphatic heterocycles. The van der Waals surface area contributed by atoms with Crippen molar-refractivity contribution in [2.24, 2.45) is 5.92 Å². The fraction of sp³-hybridized carbons (Fsp3) is 0.917. The Balaban J connectivity index is 2.54. The topological polar surface area (TPSA) is 72.5 Å². The molecule has 0 radical (unpaired) electrons. The van der Waals surface area contributed by atoms with Gasteiger partial charge in [0.25, 0.3) is 0 Å². The molecule has 19 heavy (non-hydrogen) atoms. The minimum Gasteiger partial charge on any atom is -0.444 e. The molecule has 1 aliphatic carbocycles. The molecule has 112 valence electrons. The van der Waals surface area contributed by atoms with Crippen LogP contribution in [0.3, 0.4) is 0 Å². The van der Waals surface area contributed by atoms with Crippen LogP contribution in [-0.4, -0.2) is 31.9 Å². The van der Waals surface area contributed by atoms with E-state index in [4.69, 9.17) is 4.74 Å². The summed E-state index contributed by atoms with van der Waals surface area (Å²) in [4.78, 5) is 11.6. The fourth-order valence-electron chi connectivity index (χ4n) is 2.01. The third kappa shape index (κ3) is 7.34. The Bertz CT molecular complexity index is 412. The molecule has 0 saturated heterocycles. The van der Waals surface area contributed by atoms with E-state index in [2.05, 4.69) is 5.32 Å². The van der Waals surface area contributed by atoms with Crippen LogP contribution in [0.25, 0.3) is 0 Å². The Morgan fingerprint density at radius 2 is 2.00 bits per heavy atom. The molecule has 0 spiro atoms. The van der Waals surface area contributed by atoms with Gasteiger partial charge in [-0.25, -0.2) is 4.79 Å². The van der Waals surface area contributed by atoms with Gasteiger partial charge in [0.05, 0.1) is 0 Å². The number of nitrogens with one attached hydrogen (secondary N) is 1. The lowest BCUT2D eigenvalue weighted by Gasteiger charge is -2.30. The van der Waals surface area contributed by atoms with Crippen molar-refractivity contribution in [2.45, 2.75) is 58.1 Å². The molecule has 1 rings (SSSR count). The van der Waals surface area contributed by atoms with E-state index in [1.807, 2.05) is 0 Å². The van der Waals surface area contributed by atoms with Crippen LogP contribution in [0, 0.1) is 5.92 Å². The number of hydrogen-bond donors (Lipinski definition) is 1. The molecule has 1 saturated carbocycles. The SMILES string of the molecule is CC(C)(C)OC(=O)NC(CC1CCC1)CS(=O)(=O)F. The van der Waals surface area contributed by atoms with Gasteiger partial charge in [0, 0.05) is 6.04 Å². The zero-order valence-corrected chi connectivity index (χ0v) is 12.4. The monoisotopic (exact) mass is 295 g/mol. The van der Waals surface area contributed by atoms with Crippen LogP contribution in [0.2, 0.25) is 0 Å². The Labute approximate surface area is 114 Å². The standard InChI is InChI=1S/C12H22FNO4S/c1-12(2,3)18-11(15)14-10(8-19(13,16)17)7-9-5-4-6-9/h9-10H,4-8H2,1-3H3,(H,14,15). The highest BCUT2D eigenvalue weighted by Crippen LogP contribution is 2.30. The number of amides is 1. The highest BCUT2D eigenvalue weighted by molar-refractivity contribution is 7.86. The number of carbonyl (C=O) groups excluding carboxylic acids is 1. The van der Waals surface area contributed by atoms with Crippen molar-refractivity contribution in [2.75, 3.05) is 5.75 Å². The number of halogens is 1. The van der Waals surface area contributed by atoms with Crippen LogP contribution in [0.4, 0.5) is 8.68 Å². The van der Waals surface area contributed by atoms with Crippen LogP contribution in [0.1, 0.15) is 46.5 Å². The normalized spacial score (nSPS) is 18.5. The second-order valence-electron chi connectivity index (χ2n) is 6.08. The molecule has 5 nitrogen and oxygen atoms in total. The quantitative estimate of drug-likeness (QED) is 0.790. The molecule has 0 aromatic rings. The van der Waals surface area contributed by atoms with Crippen molar-refractivity contribution in [3.63, 3.8) is 0 Å². The zero-order valence-electron chi connectivity index (χ0n) is 11.6. The van der Waals surface area contributed by atoms with E-state index in [9.17, 15) is 17.1 Å². The van der Waals surface area contributed by atoms with Gasteiger partial charge in [0.1, 0.15) is 11.4 Å². The van der Waals surface area contributed by atoms with Crippen molar-refractivity contribution in [1.82, 2.24) is 5.32 Å². The van der Waals surface area contributed by atoms with E-state index >= 15 is 0 Å². The first kappa shape index (κ1) is 16.2. The summed E-state index contributed by atoms with van der Waals surface area (Å²) in [5, 5.41) is 2.45. The van der Waals surface area contributed by atoms with E-state index in [1.54, 1.807) is 20.8 Å². The number of ether oxygens (including phenoxy) is 1. The summed E-state index contributed by atoms with van der Waals surface area (Å²) >= 11 is 0. The summed E-state index contributed by atoms with van der Waals surface area (Å²) in [5.74, 6) is -0.329. The van der Waals surface area contributed by atoms with Gasteiger partial charge in [0.15, 0.2) is 0 Å². The van der Waals surface area contributed by atoms with Crippen LogP contribution in [-0.2, 0) is 15.0 Å². The smallest absolute Gasteiger partial charge is 0.407 e. The van der Waals surface area contributed by atoms with Gasteiger partial charge in [-0.2, -0.15) is 8.42 Å². The lowest BCUT2D eigenvalue weighted by atomic mass is 9.81. The molecule has 7 heteroatoms. The molecule has 1 unspecified atom stereocenters. The van der Waals surface area contributed by atoms with Crippen molar-refractivity contribution in [1.29, 1.82) is 0 Å². The predicted molar refractivity (Wildman–Crippen MR) is 70.0 cm³/mol. The minimum absolute atomic E-state index is 0.363. The van der Waals surface area contributed by atoms with Crippen molar-refractivity contribution >= 4 is 16.3 Å². The van der Waals surface area contributed by atoms with Crippen LogP contribution >= 0.6 is 0 Å². The average molecular weight is 295 g/mol. The fourth-order valence-corrected chi connectivity index (χ4v) is 2.71. The summed E-state index contributed by atoms with van der Waals surface area (Å²) in [5.41, 5.74) is -0.667. The van der Waals surface area contributed by atoms with Gasteiger partial charge in [-0.05, 0) is 33.1 Å². The minimum atomic E-state index is -4.61. The summed E-state index contributed by atoms with van der Waals surface area (Å²) in [6, 6.07) is -0.727. The first-order valence-electron chi connectivity index (χ1n) is 6.47. The van der Waals surface area contributed by atoms with Crippen LogP contribution in [0.15, 0.2) is 0 Å². The Morgan fingerprint density at radius 3 is 2.37 bits per heavy atom. The largest absolute Gasteiger partial charge is 0.444 e. The average Bonchev–Trinajstić information content (AvgIpc) is 2.04. The maximum absolute atomic E-state index is 12.8. The van der Waals surface area contributed by atoms with Crippen molar-refractivity contribution < 1.29 is 21.8 Å². The molecule has 0 bridgehead atoms. The summed E-state index contributed by atoms with van der Waals surface area (Å²) < 4.78 is 39.3. The van der Waals surface area contributed by atoms with E-state index in [-0.39, 0.29) is 0 Å². The van der Waals surface area contributed by atoms with Gasteiger partial charge >= 0.3 is 16.3 Å². The highest BCUT2D eigenvalue weighted by Gasteiger charge is 2.28. The summed E-state index contributed by atoms with van der Waals surface area (Å²) in [7, 11) is -4.61. The van der Waals surface area contributed by atoms with E-state index in [0.717, 1.165) is 19.3 Å². The molecule has 1 aliphatic rings. The van der Waals surface area contributed by atoms with Gasteiger partial charge < -0.3 is 10.1 Å². The molecule has 0 aromatic carbocycles. The second kappa shape index (κ2) is 6.07. The van der Waals surface area contributed by atoms with Gasteiger partial charge in [-0.1, -0.05) is 19.3 Å². The van der Waals surface area contributed by atoms with E-state index in [1.165, 1.54) is 0 Å². The van der Waals surface area contributed by atoms with Crippen molar-refractivity contribution in [3.8, 4) is 0 Å². The number of carbonyl (C=O) groups is 1. The third-order valence-corrected chi connectivity index (χ3v) is 3.76. The first-order chi connectivity index (χ1) is 8.55. The Morgan fingerprint density at radius 1 is 1.42 bits per heavy atom. The third-order valence-electron chi connectivity index (χ3n) is 2.96. The molecule has 1 N–H and O–H groups in total. The molecule has 1 fully saturated rings. The van der Waals surface area contributed by atoms with Gasteiger partial charge in [0.2, 0.25) is 0 Å². The summed E-state index contributed by atoms with van der Waals surface area (Å²) in [6.07, 6.45) is 2.87. The molecular formula is C12H22FNO4S. The van der Waals surface area contributed by atoms with Gasteiger partial charge in [-0.3, -0.25) is 0 Å². The second-order valence-corrected chi connectivity index (χ2v) is 7.49. The highest BCUT2D eigenvalue weighted by atomic mass is 32.3. The number of rotatable bonds is 5. The first-order valence-corrected chi connectivity index (χ1v) is 8.02. The van der Waals surface area contributed by atoms with Crippen LogP contribution in [0.5, 0.6) is 0 Å². The molecule has 0 heterocycles. The van der Waals surface area contributed by atoms with Gasteiger partial charge in [-0.15, -0.1) is 3.89 Å². The number of alkyl carbamates (subject to hydrolysis) is 1. The predicted octanol–water partition coefficient (Wildman–Crippen LogP) is 2.37. The lowest BCUT2D eigenvalue weighted by Crippen LogP contribution is -2.43. The summed E-state index contributed by atoms with van der Waals surface area (Å²) in [6.45, 7) is 5.12. The molecular weight excluding hydrogens is 273 g/mol. The maximum atomic E-state index is 12.8. The Hall–Kier alpha value is -0.850. The maximum Gasteiger partial charge on any atom is 0.407 e. The lowest BCUT2D eigenvalue weighted by molar-refractivity contribution is 0.0499. The molecule has 1 amide bonds. The Kier molecular flexibility index (Phi) is 5.18. The number of hydrogen-bond acceptors (Lipinski definition) is 4. The van der Waals surface area contributed by atoms with E-state index in [0.29, 0.717) is 12.3 Å². The van der Waals surface area contributed by atoms with E-state index < -0.39 is 33.7 Å². The van der Waals surface area contributed by atoms with Crippen LogP contribution < -0.4 is 5.32 Å². The van der Waals surface area contributed by atoms with Crippen molar-refractivity contribution in [3.05, 3.63) is 0 Å². The molecule has 1 atom stereocenters.